The average molecular weight is 401 g/mol. The van der Waals surface area contributed by atoms with Gasteiger partial charge in [0.15, 0.2) is 11.2 Å². The molecule has 1 aliphatic heterocycles. The van der Waals surface area contributed by atoms with Crippen molar-refractivity contribution in [1.29, 1.82) is 0 Å². The van der Waals surface area contributed by atoms with Crippen LogP contribution >= 0.6 is 0 Å². The van der Waals surface area contributed by atoms with Gasteiger partial charge in [-0.2, -0.15) is 5.10 Å². The summed E-state index contributed by atoms with van der Waals surface area (Å²) in [5, 5.41) is 21.2. The van der Waals surface area contributed by atoms with Crippen molar-refractivity contribution in [2.45, 2.75) is 26.7 Å². The average Bonchev–Trinajstić information content (AvgIpc) is 3.07. The molecule has 0 bridgehead atoms. The molecule has 8 heteroatoms. The van der Waals surface area contributed by atoms with Crippen LogP contribution in [0.2, 0.25) is 0 Å². The Balaban J connectivity index is 1.98. The van der Waals surface area contributed by atoms with E-state index >= 15 is 0 Å². The number of carbonyl (C=O) groups excluding carboxylic acids is 1. The van der Waals surface area contributed by atoms with Gasteiger partial charge in [-0.05, 0) is 60.7 Å². The van der Waals surface area contributed by atoms with Crippen LogP contribution in [0.5, 0.6) is 5.75 Å². The van der Waals surface area contributed by atoms with E-state index in [4.69, 9.17) is 5.14 Å². The summed E-state index contributed by atoms with van der Waals surface area (Å²) in [7, 11) is 1.59. The Morgan fingerprint density at radius 3 is 2.75 bits per heavy atom. The van der Waals surface area contributed by atoms with E-state index in [9.17, 15) is 14.1 Å². The topological polar surface area (TPSA) is 99.2 Å². The van der Waals surface area contributed by atoms with Crippen LogP contribution in [-0.4, -0.2) is 40.0 Å². The maximum absolute atomic E-state index is 11.6. The minimum atomic E-state index is -1.53. The second-order valence-electron chi connectivity index (χ2n) is 6.95. The number of phenolic OH excluding ortho intramolecular Hbond substituents is 1. The summed E-state index contributed by atoms with van der Waals surface area (Å²) in [6.07, 6.45) is 1.95. The number of benzene rings is 2. The molecule has 1 unspecified atom stereocenters. The van der Waals surface area contributed by atoms with Gasteiger partial charge in [-0.3, -0.25) is 9.10 Å². The Labute approximate surface area is 167 Å². The Morgan fingerprint density at radius 1 is 1.32 bits per heavy atom. The third-order valence-corrected chi connectivity index (χ3v) is 5.68. The van der Waals surface area contributed by atoms with Crippen LogP contribution in [0.25, 0.3) is 0 Å². The molecule has 0 radical (unpaired) electrons. The highest BCUT2D eigenvalue weighted by Crippen LogP contribution is 2.30. The van der Waals surface area contributed by atoms with Crippen molar-refractivity contribution >= 4 is 29.0 Å². The molecule has 28 heavy (non-hydrogen) atoms. The van der Waals surface area contributed by atoms with Crippen molar-refractivity contribution in [3.63, 3.8) is 0 Å². The summed E-state index contributed by atoms with van der Waals surface area (Å²) in [4.78, 5) is 11.1. The van der Waals surface area contributed by atoms with E-state index < -0.39 is 11.2 Å². The molecule has 0 fully saturated rings. The lowest BCUT2D eigenvalue weighted by molar-refractivity contribution is -0.117. The molecule has 3 N–H and O–H groups in total. The van der Waals surface area contributed by atoms with Gasteiger partial charge in [0.2, 0.25) is 6.41 Å². The maximum atomic E-state index is 11.6. The van der Waals surface area contributed by atoms with Crippen molar-refractivity contribution < 1.29 is 14.1 Å². The van der Waals surface area contributed by atoms with Crippen molar-refractivity contribution in [3.05, 3.63) is 58.1 Å². The van der Waals surface area contributed by atoms with E-state index in [2.05, 4.69) is 11.2 Å². The van der Waals surface area contributed by atoms with Crippen molar-refractivity contribution in [2.24, 2.45) is 10.2 Å². The third kappa shape index (κ3) is 4.07. The first kappa shape index (κ1) is 20.0. The molecule has 1 amide bonds. The molecule has 0 aliphatic carbocycles. The van der Waals surface area contributed by atoms with Gasteiger partial charge in [0.25, 0.3) is 0 Å². The summed E-state index contributed by atoms with van der Waals surface area (Å²) in [5.41, 5.74) is 6.26. The minimum Gasteiger partial charge on any atom is -0.508 e. The molecule has 2 aromatic carbocycles. The van der Waals surface area contributed by atoms with Crippen LogP contribution in [0.3, 0.4) is 0 Å². The Morgan fingerprint density at radius 2 is 2.07 bits per heavy atom. The van der Waals surface area contributed by atoms with Gasteiger partial charge in [-0.25, -0.2) is 14.4 Å². The monoisotopic (exact) mass is 400 g/mol. The molecule has 1 heterocycles. The van der Waals surface area contributed by atoms with E-state index in [1.54, 1.807) is 17.4 Å². The predicted octanol–water partition coefficient (Wildman–Crippen LogP) is 1.94. The standard InChI is InChI=1S/C20H24N4O3S/c1-13-9-20(26)14(2)8-17(13)18(22-23(3)12-25)11-15-4-5-19-16(10-15)6-7-24(19)28(21)27/h4-5,8-10,12,26H,6-7,11,21H2,1-3H3/b22-18-. The van der Waals surface area contributed by atoms with Crippen LogP contribution in [0, 0.1) is 13.8 Å². The van der Waals surface area contributed by atoms with Crippen LogP contribution in [0.1, 0.15) is 27.8 Å². The number of nitrogens with zero attached hydrogens (tertiary/aromatic N) is 3. The van der Waals surface area contributed by atoms with E-state index in [1.165, 1.54) is 5.01 Å². The van der Waals surface area contributed by atoms with Gasteiger partial charge in [-0.1, -0.05) is 12.1 Å². The smallest absolute Gasteiger partial charge is 0.229 e. The van der Waals surface area contributed by atoms with Crippen molar-refractivity contribution in [1.82, 2.24) is 5.01 Å². The Bertz CT molecular complexity index is 974. The number of amides is 1. The number of aryl methyl sites for hydroxylation is 2. The van der Waals surface area contributed by atoms with Gasteiger partial charge >= 0.3 is 0 Å². The fraction of sp³-hybridized carbons (Fsp3) is 0.300. The first-order chi connectivity index (χ1) is 13.3. The fourth-order valence-electron chi connectivity index (χ4n) is 3.43. The summed E-state index contributed by atoms with van der Waals surface area (Å²) in [5.74, 6) is 0.233. The number of rotatable bonds is 6. The Hall–Kier alpha value is -2.71. The van der Waals surface area contributed by atoms with Crippen molar-refractivity contribution in [2.75, 3.05) is 17.9 Å². The highest BCUT2D eigenvalue weighted by atomic mass is 32.2. The lowest BCUT2D eigenvalue weighted by Crippen LogP contribution is -2.28. The molecule has 0 saturated carbocycles. The molecule has 148 valence electrons. The second-order valence-corrected chi connectivity index (χ2v) is 7.94. The number of hydrazone groups is 1. The number of anilines is 1. The predicted molar refractivity (Wildman–Crippen MR) is 111 cm³/mol. The van der Waals surface area contributed by atoms with Crippen LogP contribution in [-0.2, 0) is 28.8 Å². The van der Waals surface area contributed by atoms with E-state index in [0.717, 1.165) is 45.6 Å². The SMILES string of the molecule is Cc1cc(/C(Cc2ccc3c(c2)CCN3S(N)=O)=N\N(C)C=O)c(C)cc1O. The highest BCUT2D eigenvalue weighted by Gasteiger charge is 2.22. The van der Waals surface area contributed by atoms with Gasteiger partial charge in [-0.15, -0.1) is 0 Å². The molecule has 3 rings (SSSR count). The van der Waals surface area contributed by atoms with E-state index in [-0.39, 0.29) is 5.75 Å². The van der Waals surface area contributed by atoms with E-state index in [1.807, 2.05) is 32.0 Å². The molecule has 2 aromatic rings. The summed E-state index contributed by atoms with van der Waals surface area (Å²) < 4.78 is 13.3. The first-order valence-corrected chi connectivity index (χ1v) is 10.1. The number of aromatic hydroxyl groups is 1. The molecule has 0 aromatic heterocycles. The maximum Gasteiger partial charge on any atom is 0.229 e. The largest absolute Gasteiger partial charge is 0.508 e. The van der Waals surface area contributed by atoms with Crippen LogP contribution in [0.4, 0.5) is 5.69 Å². The number of nitrogens with two attached hydrogens (primary N) is 1. The molecule has 1 aliphatic rings. The van der Waals surface area contributed by atoms with Gasteiger partial charge < -0.3 is 5.11 Å². The molecule has 7 nitrogen and oxygen atoms in total. The number of hydrogen-bond donors (Lipinski definition) is 2. The van der Waals surface area contributed by atoms with Crippen molar-refractivity contribution in [3.8, 4) is 5.75 Å². The highest BCUT2D eigenvalue weighted by molar-refractivity contribution is 7.84. The zero-order chi connectivity index (χ0) is 20.4. The number of carbonyl (C=O) groups is 1. The summed E-state index contributed by atoms with van der Waals surface area (Å²) in [6, 6.07) is 9.55. The third-order valence-electron chi connectivity index (χ3n) is 4.87. The Kier molecular flexibility index (Phi) is 5.81. The quantitative estimate of drug-likeness (QED) is 0.440. The molecule has 0 spiro atoms. The number of phenols is 1. The normalized spacial score (nSPS) is 14.7. The summed E-state index contributed by atoms with van der Waals surface area (Å²) in [6.45, 7) is 4.37. The lowest BCUT2D eigenvalue weighted by Gasteiger charge is -2.16. The first-order valence-electron chi connectivity index (χ1n) is 8.92. The zero-order valence-corrected chi connectivity index (χ0v) is 17.0. The molecular formula is C20H24N4O3S. The zero-order valence-electron chi connectivity index (χ0n) is 16.2. The van der Waals surface area contributed by atoms with Crippen LogP contribution in [0.15, 0.2) is 35.4 Å². The van der Waals surface area contributed by atoms with E-state index in [0.29, 0.717) is 19.4 Å². The fourth-order valence-corrected chi connectivity index (χ4v) is 4.07. The summed E-state index contributed by atoms with van der Waals surface area (Å²) >= 11 is -1.53. The van der Waals surface area contributed by atoms with Gasteiger partial charge in [0, 0.05) is 25.6 Å². The molecule has 0 saturated heterocycles. The lowest BCUT2D eigenvalue weighted by atomic mass is 9.95. The van der Waals surface area contributed by atoms with Gasteiger partial charge in [0.05, 0.1) is 11.4 Å². The van der Waals surface area contributed by atoms with Gasteiger partial charge in [0.1, 0.15) is 5.75 Å². The molecular weight excluding hydrogens is 376 g/mol. The van der Waals surface area contributed by atoms with Crippen LogP contribution < -0.4 is 9.44 Å². The number of fused-ring (bicyclic) bond motifs is 1. The molecule has 1 atom stereocenters. The minimum absolute atomic E-state index is 0.233. The number of hydrogen-bond acceptors (Lipinski definition) is 4. The second kappa shape index (κ2) is 8.12.